The minimum Gasteiger partial charge on any atom is -0.495 e. The van der Waals surface area contributed by atoms with Crippen LogP contribution < -0.4 is 15.0 Å². The highest BCUT2D eigenvalue weighted by Crippen LogP contribution is 2.33. The standard InChI is InChI=1S/C20H26N2O5/c1-13(19(24)21-15-7-3-4-8-15)27-20(25)14-11-18(23)22(12-14)16-9-5-6-10-17(16)26-2/h5-6,9-10,13-15H,3-4,7-8,11-12H2,1-2H3,(H,21,24). The predicted octanol–water partition coefficient (Wildman–Crippen LogP) is 2.04. The van der Waals surface area contributed by atoms with E-state index < -0.39 is 18.0 Å². The van der Waals surface area contributed by atoms with Crippen LogP contribution in [0.15, 0.2) is 24.3 Å². The summed E-state index contributed by atoms with van der Waals surface area (Å²) < 4.78 is 10.6. The van der Waals surface area contributed by atoms with E-state index in [-0.39, 0.29) is 30.8 Å². The fraction of sp³-hybridized carbons (Fsp3) is 0.550. The molecule has 27 heavy (non-hydrogen) atoms. The molecule has 0 aromatic heterocycles. The van der Waals surface area contributed by atoms with E-state index in [1.54, 1.807) is 19.1 Å². The van der Waals surface area contributed by atoms with Crippen LogP contribution in [0, 0.1) is 5.92 Å². The third kappa shape index (κ3) is 4.40. The molecule has 1 aromatic carbocycles. The van der Waals surface area contributed by atoms with Gasteiger partial charge in [-0.15, -0.1) is 0 Å². The SMILES string of the molecule is COc1ccccc1N1CC(C(=O)OC(C)C(=O)NC2CCCC2)CC1=O. The van der Waals surface area contributed by atoms with Crippen molar-refractivity contribution in [1.29, 1.82) is 0 Å². The molecule has 0 bridgehead atoms. The van der Waals surface area contributed by atoms with Crippen molar-refractivity contribution in [3.05, 3.63) is 24.3 Å². The number of hydrogen-bond acceptors (Lipinski definition) is 5. The Bertz CT molecular complexity index is 714. The van der Waals surface area contributed by atoms with Gasteiger partial charge < -0.3 is 19.7 Å². The van der Waals surface area contributed by atoms with Crippen LogP contribution in [0.5, 0.6) is 5.75 Å². The molecule has 2 atom stereocenters. The second-order valence-electron chi connectivity index (χ2n) is 7.15. The monoisotopic (exact) mass is 374 g/mol. The van der Waals surface area contributed by atoms with Crippen molar-refractivity contribution in [2.45, 2.75) is 51.2 Å². The Morgan fingerprint density at radius 3 is 2.63 bits per heavy atom. The average molecular weight is 374 g/mol. The lowest BCUT2D eigenvalue weighted by Crippen LogP contribution is -2.41. The first kappa shape index (κ1) is 19.2. The topological polar surface area (TPSA) is 84.9 Å². The minimum atomic E-state index is -0.867. The first-order chi connectivity index (χ1) is 13.0. The van der Waals surface area contributed by atoms with Crippen molar-refractivity contribution >= 4 is 23.5 Å². The summed E-state index contributed by atoms with van der Waals surface area (Å²) in [5, 5.41) is 2.92. The summed E-state index contributed by atoms with van der Waals surface area (Å²) in [6.07, 6.45) is 3.36. The highest BCUT2D eigenvalue weighted by atomic mass is 16.5. The third-order valence-electron chi connectivity index (χ3n) is 5.20. The molecule has 2 amide bonds. The Kier molecular flexibility index (Phi) is 5.98. The van der Waals surface area contributed by atoms with Crippen molar-refractivity contribution in [2.24, 2.45) is 5.92 Å². The van der Waals surface area contributed by atoms with Gasteiger partial charge in [-0.3, -0.25) is 14.4 Å². The van der Waals surface area contributed by atoms with E-state index in [2.05, 4.69) is 5.32 Å². The molecule has 1 aliphatic heterocycles. The lowest BCUT2D eigenvalue weighted by atomic mass is 10.1. The second kappa shape index (κ2) is 8.41. The van der Waals surface area contributed by atoms with Crippen LogP contribution in [0.3, 0.4) is 0 Å². The van der Waals surface area contributed by atoms with E-state index in [9.17, 15) is 14.4 Å². The molecule has 2 fully saturated rings. The maximum Gasteiger partial charge on any atom is 0.312 e. The Morgan fingerprint density at radius 1 is 1.22 bits per heavy atom. The Balaban J connectivity index is 1.57. The van der Waals surface area contributed by atoms with Gasteiger partial charge >= 0.3 is 5.97 Å². The van der Waals surface area contributed by atoms with E-state index >= 15 is 0 Å². The van der Waals surface area contributed by atoms with Gasteiger partial charge in [0.15, 0.2) is 6.10 Å². The van der Waals surface area contributed by atoms with E-state index in [4.69, 9.17) is 9.47 Å². The number of hydrogen-bond donors (Lipinski definition) is 1. The van der Waals surface area contributed by atoms with Gasteiger partial charge in [0.2, 0.25) is 5.91 Å². The molecule has 0 radical (unpaired) electrons. The molecular formula is C20H26N2O5. The van der Waals surface area contributed by atoms with Crippen molar-refractivity contribution in [3.8, 4) is 5.75 Å². The van der Waals surface area contributed by atoms with Crippen LogP contribution in [0.25, 0.3) is 0 Å². The van der Waals surface area contributed by atoms with Gasteiger partial charge in [-0.05, 0) is 31.9 Å². The summed E-state index contributed by atoms with van der Waals surface area (Å²) in [7, 11) is 1.54. The number of nitrogens with one attached hydrogen (secondary N) is 1. The van der Waals surface area contributed by atoms with Gasteiger partial charge in [-0.2, -0.15) is 0 Å². The smallest absolute Gasteiger partial charge is 0.312 e. The van der Waals surface area contributed by atoms with Crippen LogP contribution >= 0.6 is 0 Å². The summed E-state index contributed by atoms with van der Waals surface area (Å²) in [5.74, 6) is -0.978. The number of carbonyl (C=O) groups is 3. The lowest BCUT2D eigenvalue weighted by Gasteiger charge is -2.20. The molecule has 1 aromatic rings. The third-order valence-corrected chi connectivity index (χ3v) is 5.20. The number of methoxy groups -OCH3 is 1. The number of rotatable bonds is 6. The molecule has 7 heteroatoms. The molecule has 3 rings (SSSR count). The van der Waals surface area contributed by atoms with Crippen molar-refractivity contribution < 1.29 is 23.9 Å². The molecule has 2 aliphatic rings. The Labute approximate surface area is 159 Å². The molecule has 1 saturated carbocycles. The second-order valence-corrected chi connectivity index (χ2v) is 7.15. The van der Waals surface area contributed by atoms with Crippen LogP contribution in [0.4, 0.5) is 5.69 Å². The number of nitrogens with zero attached hydrogens (tertiary/aromatic N) is 1. The van der Waals surface area contributed by atoms with Gasteiger partial charge in [-0.25, -0.2) is 0 Å². The van der Waals surface area contributed by atoms with Gasteiger partial charge in [-0.1, -0.05) is 25.0 Å². The molecule has 1 N–H and O–H groups in total. The normalized spacial score (nSPS) is 21.2. The number of carbonyl (C=O) groups excluding carboxylic acids is 3. The van der Waals surface area contributed by atoms with Crippen LogP contribution in [0.1, 0.15) is 39.0 Å². The number of para-hydroxylation sites is 2. The molecule has 1 aliphatic carbocycles. The highest BCUT2D eigenvalue weighted by Gasteiger charge is 2.38. The van der Waals surface area contributed by atoms with Gasteiger partial charge in [0.1, 0.15) is 5.75 Å². The maximum absolute atomic E-state index is 12.5. The lowest BCUT2D eigenvalue weighted by molar-refractivity contribution is -0.158. The molecule has 2 unspecified atom stereocenters. The Hall–Kier alpha value is -2.57. The van der Waals surface area contributed by atoms with Crippen molar-refractivity contribution in [1.82, 2.24) is 5.32 Å². The minimum absolute atomic E-state index is 0.0633. The number of anilines is 1. The first-order valence-electron chi connectivity index (χ1n) is 9.44. The summed E-state index contributed by atoms with van der Waals surface area (Å²) >= 11 is 0. The van der Waals surface area contributed by atoms with E-state index in [0.717, 1.165) is 25.7 Å². The number of ether oxygens (including phenoxy) is 2. The molecule has 7 nitrogen and oxygen atoms in total. The zero-order valence-electron chi connectivity index (χ0n) is 15.8. The quantitative estimate of drug-likeness (QED) is 0.770. The summed E-state index contributed by atoms with van der Waals surface area (Å²) in [4.78, 5) is 38.6. The fourth-order valence-corrected chi connectivity index (χ4v) is 3.66. The largest absolute Gasteiger partial charge is 0.495 e. The fourth-order valence-electron chi connectivity index (χ4n) is 3.66. The summed E-state index contributed by atoms with van der Waals surface area (Å²) in [5.41, 5.74) is 0.632. The molecule has 1 heterocycles. The zero-order valence-corrected chi connectivity index (χ0v) is 15.8. The van der Waals surface area contributed by atoms with Crippen LogP contribution in [-0.2, 0) is 19.1 Å². The maximum atomic E-state index is 12.5. The van der Waals surface area contributed by atoms with Crippen molar-refractivity contribution in [2.75, 3.05) is 18.6 Å². The molecule has 0 spiro atoms. The van der Waals surface area contributed by atoms with Crippen LogP contribution in [-0.4, -0.2) is 43.6 Å². The van der Waals surface area contributed by atoms with Crippen LogP contribution in [0.2, 0.25) is 0 Å². The summed E-state index contributed by atoms with van der Waals surface area (Å²) in [6.45, 7) is 1.78. The summed E-state index contributed by atoms with van der Waals surface area (Å²) in [6, 6.07) is 7.35. The van der Waals surface area contributed by atoms with E-state index in [0.29, 0.717) is 11.4 Å². The van der Waals surface area contributed by atoms with Gasteiger partial charge in [0.25, 0.3) is 5.91 Å². The first-order valence-corrected chi connectivity index (χ1v) is 9.44. The van der Waals surface area contributed by atoms with Gasteiger partial charge in [0.05, 0.1) is 18.7 Å². The number of esters is 1. The van der Waals surface area contributed by atoms with E-state index in [1.807, 2.05) is 12.1 Å². The zero-order chi connectivity index (χ0) is 19.4. The van der Waals surface area contributed by atoms with E-state index in [1.165, 1.54) is 12.0 Å². The number of benzene rings is 1. The Morgan fingerprint density at radius 2 is 1.93 bits per heavy atom. The average Bonchev–Trinajstić information content (AvgIpc) is 3.31. The number of amides is 2. The highest BCUT2D eigenvalue weighted by molar-refractivity contribution is 6.00. The van der Waals surface area contributed by atoms with Gasteiger partial charge in [0, 0.05) is 19.0 Å². The predicted molar refractivity (Wildman–Crippen MR) is 99.4 cm³/mol. The molecular weight excluding hydrogens is 348 g/mol. The van der Waals surface area contributed by atoms with Crippen molar-refractivity contribution in [3.63, 3.8) is 0 Å². The molecule has 146 valence electrons. The molecule has 1 saturated heterocycles.